The molecule has 2 rings (SSSR count). The maximum Gasteiger partial charge on any atom is 0.188 e. The fraction of sp³-hybridized carbons (Fsp3) is 0.400. The molecule has 0 saturated heterocycles. The number of ether oxygens (including phenoxy) is 1. The summed E-state index contributed by atoms with van der Waals surface area (Å²) in [6.45, 7) is 1.96. The van der Waals surface area contributed by atoms with Gasteiger partial charge in [-0.05, 0) is 61.9 Å². The number of rotatable bonds is 3. The quantitative estimate of drug-likeness (QED) is 0.740. The molecule has 0 N–H and O–H groups in total. The van der Waals surface area contributed by atoms with Gasteiger partial charge in [-0.15, -0.1) is 0 Å². The highest BCUT2D eigenvalue weighted by molar-refractivity contribution is 6.09. The van der Waals surface area contributed by atoms with Crippen LogP contribution < -0.4 is 4.74 Å². The van der Waals surface area contributed by atoms with E-state index >= 15 is 0 Å². The van der Waals surface area contributed by atoms with Gasteiger partial charge in [-0.25, -0.2) is 0 Å². The van der Waals surface area contributed by atoms with Gasteiger partial charge < -0.3 is 4.74 Å². The molecule has 90 valence electrons. The summed E-state index contributed by atoms with van der Waals surface area (Å²) < 4.78 is 5.15. The van der Waals surface area contributed by atoms with Crippen LogP contribution in [0.1, 0.15) is 41.6 Å². The van der Waals surface area contributed by atoms with Gasteiger partial charge in [-0.3, -0.25) is 4.79 Å². The van der Waals surface area contributed by atoms with E-state index in [1.54, 1.807) is 7.11 Å². The first-order valence-corrected chi connectivity index (χ1v) is 6.11. The first kappa shape index (κ1) is 11.9. The standard InChI is InChI=1S/C15H18O2/c1-11-10-13(17-2)8-9-14(11)15(16)12-6-4-3-5-7-12/h6,8-10H,3-5,7H2,1-2H3. The molecule has 0 unspecified atom stereocenters. The van der Waals surface area contributed by atoms with E-state index in [1.165, 1.54) is 6.42 Å². The highest BCUT2D eigenvalue weighted by Gasteiger charge is 2.16. The van der Waals surface area contributed by atoms with Gasteiger partial charge in [0.05, 0.1) is 7.11 Å². The zero-order valence-electron chi connectivity index (χ0n) is 10.5. The normalized spacial score (nSPS) is 15.3. The Morgan fingerprint density at radius 2 is 2.12 bits per heavy atom. The lowest BCUT2D eigenvalue weighted by Crippen LogP contribution is -2.08. The average Bonchev–Trinajstić information content (AvgIpc) is 2.39. The number of benzene rings is 1. The van der Waals surface area contributed by atoms with Crippen LogP contribution in [0.15, 0.2) is 29.8 Å². The van der Waals surface area contributed by atoms with Gasteiger partial charge in [0.25, 0.3) is 0 Å². The van der Waals surface area contributed by atoms with E-state index in [4.69, 9.17) is 4.74 Å². The minimum Gasteiger partial charge on any atom is -0.497 e. The van der Waals surface area contributed by atoms with Crippen molar-refractivity contribution in [3.05, 3.63) is 41.0 Å². The van der Waals surface area contributed by atoms with Crippen molar-refractivity contribution in [1.82, 2.24) is 0 Å². The smallest absolute Gasteiger partial charge is 0.188 e. The minimum absolute atomic E-state index is 0.185. The maximum atomic E-state index is 12.3. The van der Waals surface area contributed by atoms with Crippen molar-refractivity contribution < 1.29 is 9.53 Å². The summed E-state index contributed by atoms with van der Waals surface area (Å²) in [5, 5.41) is 0. The van der Waals surface area contributed by atoms with Crippen LogP contribution in [0.4, 0.5) is 0 Å². The maximum absolute atomic E-state index is 12.3. The fourth-order valence-corrected chi connectivity index (χ4v) is 2.24. The second kappa shape index (κ2) is 5.17. The van der Waals surface area contributed by atoms with E-state index in [9.17, 15) is 4.79 Å². The summed E-state index contributed by atoms with van der Waals surface area (Å²) in [7, 11) is 1.64. The predicted molar refractivity (Wildman–Crippen MR) is 68.6 cm³/mol. The topological polar surface area (TPSA) is 26.3 Å². The number of aryl methyl sites for hydroxylation is 1. The highest BCUT2D eigenvalue weighted by atomic mass is 16.5. The molecule has 0 aliphatic heterocycles. The van der Waals surface area contributed by atoms with E-state index in [0.29, 0.717) is 0 Å². The molecule has 2 heteroatoms. The van der Waals surface area contributed by atoms with Crippen LogP contribution in [0.2, 0.25) is 0 Å². The van der Waals surface area contributed by atoms with Crippen LogP contribution in [0, 0.1) is 6.92 Å². The molecule has 0 aromatic heterocycles. The van der Waals surface area contributed by atoms with E-state index in [0.717, 1.165) is 41.7 Å². The number of Topliss-reactive ketones (excluding diaryl/α,β-unsaturated/α-hetero) is 1. The van der Waals surface area contributed by atoms with E-state index in [2.05, 4.69) is 6.08 Å². The molecule has 0 atom stereocenters. The lowest BCUT2D eigenvalue weighted by Gasteiger charge is -2.13. The Morgan fingerprint density at radius 1 is 1.29 bits per heavy atom. The summed E-state index contributed by atoms with van der Waals surface area (Å²) in [4.78, 5) is 12.3. The summed E-state index contributed by atoms with van der Waals surface area (Å²) in [5.41, 5.74) is 2.77. The number of methoxy groups -OCH3 is 1. The molecule has 1 aliphatic rings. The van der Waals surface area contributed by atoms with Crippen molar-refractivity contribution in [2.45, 2.75) is 32.6 Å². The summed E-state index contributed by atoms with van der Waals surface area (Å²) in [6.07, 6.45) is 6.39. The lowest BCUT2D eigenvalue weighted by atomic mass is 9.91. The molecule has 0 radical (unpaired) electrons. The number of hydrogen-bond donors (Lipinski definition) is 0. The Kier molecular flexibility index (Phi) is 3.62. The molecule has 0 amide bonds. The Morgan fingerprint density at radius 3 is 2.71 bits per heavy atom. The first-order chi connectivity index (χ1) is 8.22. The molecular weight excluding hydrogens is 212 g/mol. The van der Waals surface area contributed by atoms with E-state index in [1.807, 2.05) is 25.1 Å². The van der Waals surface area contributed by atoms with Crippen molar-refractivity contribution in [2.75, 3.05) is 7.11 Å². The number of ketones is 1. The zero-order valence-corrected chi connectivity index (χ0v) is 10.5. The van der Waals surface area contributed by atoms with Crippen LogP contribution in [0.5, 0.6) is 5.75 Å². The van der Waals surface area contributed by atoms with Crippen molar-refractivity contribution in [1.29, 1.82) is 0 Å². The molecule has 0 spiro atoms. The Balaban J connectivity index is 2.27. The van der Waals surface area contributed by atoms with Gasteiger partial charge >= 0.3 is 0 Å². The van der Waals surface area contributed by atoms with Crippen molar-refractivity contribution in [2.24, 2.45) is 0 Å². The molecule has 0 bridgehead atoms. The molecule has 1 aromatic rings. The largest absolute Gasteiger partial charge is 0.497 e. The van der Waals surface area contributed by atoms with Crippen LogP contribution >= 0.6 is 0 Å². The van der Waals surface area contributed by atoms with Gasteiger partial charge in [0.2, 0.25) is 0 Å². The first-order valence-electron chi connectivity index (χ1n) is 6.11. The molecular formula is C15H18O2. The van der Waals surface area contributed by atoms with Gasteiger partial charge in [0, 0.05) is 5.56 Å². The minimum atomic E-state index is 0.185. The molecule has 2 nitrogen and oxygen atoms in total. The third-order valence-corrected chi connectivity index (χ3v) is 3.26. The molecule has 0 saturated carbocycles. The summed E-state index contributed by atoms with van der Waals surface area (Å²) in [5.74, 6) is 0.988. The number of allylic oxidation sites excluding steroid dienone is 2. The van der Waals surface area contributed by atoms with Crippen molar-refractivity contribution in [3.8, 4) is 5.75 Å². The molecule has 17 heavy (non-hydrogen) atoms. The Hall–Kier alpha value is -1.57. The number of carbonyl (C=O) groups excluding carboxylic acids is 1. The fourth-order valence-electron chi connectivity index (χ4n) is 2.24. The van der Waals surface area contributed by atoms with Crippen LogP contribution in [0.3, 0.4) is 0 Å². The summed E-state index contributed by atoms with van der Waals surface area (Å²) in [6, 6.07) is 5.63. The van der Waals surface area contributed by atoms with Gasteiger partial charge in [-0.2, -0.15) is 0 Å². The third-order valence-electron chi connectivity index (χ3n) is 3.26. The van der Waals surface area contributed by atoms with Crippen LogP contribution in [-0.2, 0) is 0 Å². The van der Waals surface area contributed by atoms with Crippen LogP contribution in [-0.4, -0.2) is 12.9 Å². The second-order valence-electron chi connectivity index (χ2n) is 4.49. The molecule has 1 aliphatic carbocycles. The van der Waals surface area contributed by atoms with Crippen molar-refractivity contribution in [3.63, 3.8) is 0 Å². The monoisotopic (exact) mass is 230 g/mol. The van der Waals surface area contributed by atoms with E-state index < -0.39 is 0 Å². The number of hydrogen-bond acceptors (Lipinski definition) is 2. The third kappa shape index (κ3) is 2.57. The summed E-state index contributed by atoms with van der Waals surface area (Å²) >= 11 is 0. The zero-order chi connectivity index (χ0) is 12.3. The molecule has 0 fully saturated rings. The second-order valence-corrected chi connectivity index (χ2v) is 4.49. The van der Waals surface area contributed by atoms with Crippen LogP contribution in [0.25, 0.3) is 0 Å². The predicted octanol–water partition coefficient (Wildman–Crippen LogP) is 3.69. The van der Waals surface area contributed by atoms with E-state index in [-0.39, 0.29) is 5.78 Å². The molecule has 1 aromatic carbocycles. The Bertz CT molecular complexity index is 458. The lowest BCUT2D eigenvalue weighted by molar-refractivity contribution is 0.102. The van der Waals surface area contributed by atoms with Gasteiger partial charge in [0.15, 0.2) is 5.78 Å². The molecule has 0 heterocycles. The van der Waals surface area contributed by atoms with Crippen molar-refractivity contribution >= 4 is 5.78 Å². The number of carbonyl (C=O) groups is 1. The SMILES string of the molecule is COc1ccc(C(=O)C2=CCCCC2)c(C)c1. The van der Waals surface area contributed by atoms with Gasteiger partial charge in [-0.1, -0.05) is 6.08 Å². The highest BCUT2D eigenvalue weighted by Crippen LogP contribution is 2.24. The van der Waals surface area contributed by atoms with Gasteiger partial charge in [0.1, 0.15) is 5.75 Å². The Labute approximate surface area is 102 Å². The average molecular weight is 230 g/mol.